The normalized spacial score (nSPS) is 13.3. The molecule has 0 heterocycles. The van der Waals surface area contributed by atoms with Gasteiger partial charge in [0.05, 0.1) is 17.7 Å². The fourth-order valence-electron chi connectivity index (χ4n) is 5.02. The number of fused-ring (bicyclic) bond motifs is 1. The van der Waals surface area contributed by atoms with Gasteiger partial charge in [-0.1, -0.05) is 72.7 Å². The molecule has 0 aliphatic carbocycles. The maximum absolute atomic E-state index is 13.5. The van der Waals surface area contributed by atoms with Crippen LogP contribution in [0.3, 0.4) is 0 Å². The number of rotatable bonds is 14. The lowest BCUT2D eigenvalue weighted by Gasteiger charge is -2.31. The van der Waals surface area contributed by atoms with Crippen molar-refractivity contribution in [2.24, 2.45) is 10.2 Å². The van der Waals surface area contributed by atoms with Crippen LogP contribution in [0.2, 0.25) is 0 Å². The number of nitrogens with zero attached hydrogens (tertiary/aromatic N) is 2. The third-order valence-electron chi connectivity index (χ3n) is 9.10. The summed E-state index contributed by atoms with van der Waals surface area (Å²) in [6.07, 6.45) is 2.21. The highest BCUT2D eigenvalue weighted by Crippen LogP contribution is 2.40. The molecule has 0 aliphatic heterocycles. The van der Waals surface area contributed by atoms with Crippen molar-refractivity contribution in [2.45, 2.75) is 89.6 Å². The summed E-state index contributed by atoms with van der Waals surface area (Å²) in [6.45, 7) is 15.4. The Morgan fingerprint density at radius 3 is 2.17 bits per heavy atom. The fourth-order valence-corrected chi connectivity index (χ4v) is 6.12. The molecule has 4 rings (SSSR count). The topological polar surface area (TPSA) is 110 Å². The van der Waals surface area contributed by atoms with E-state index in [2.05, 4.69) is 68.6 Å². The molecule has 0 saturated carbocycles. The summed E-state index contributed by atoms with van der Waals surface area (Å²) in [5, 5.41) is 20.2. The Morgan fingerprint density at radius 1 is 0.848 bits per heavy atom. The molecular formula is C37H47N3O5S. The molecule has 246 valence electrons. The summed E-state index contributed by atoms with van der Waals surface area (Å²) in [6, 6.07) is 21.3. The highest BCUT2D eigenvalue weighted by Gasteiger charge is 2.28. The highest BCUT2D eigenvalue weighted by molar-refractivity contribution is 7.89. The minimum absolute atomic E-state index is 0.0374. The monoisotopic (exact) mass is 645 g/mol. The Morgan fingerprint density at radius 2 is 1.54 bits per heavy atom. The van der Waals surface area contributed by atoms with Crippen molar-refractivity contribution in [1.82, 2.24) is 4.72 Å². The molecular weight excluding hydrogens is 598 g/mol. The lowest BCUT2D eigenvalue weighted by Crippen LogP contribution is -2.35. The molecule has 0 amide bonds. The maximum Gasteiger partial charge on any atom is 0.240 e. The zero-order valence-corrected chi connectivity index (χ0v) is 29.0. The van der Waals surface area contributed by atoms with Gasteiger partial charge in [0, 0.05) is 17.5 Å². The van der Waals surface area contributed by atoms with Crippen LogP contribution in [0.4, 0.5) is 11.4 Å². The number of phenols is 1. The summed E-state index contributed by atoms with van der Waals surface area (Å²) in [5.41, 5.74) is 3.16. The van der Waals surface area contributed by atoms with Crippen molar-refractivity contribution in [3.05, 3.63) is 83.9 Å². The number of benzene rings is 4. The Bertz CT molecular complexity index is 1800. The molecule has 46 heavy (non-hydrogen) atoms. The molecule has 2 N–H and O–H groups in total. The van der Waals surface area contributed by atoms with Gasteiger partial charge >= 0.3 is 0 Å². The van der Waals surface area contributed by atoms with Gasteiger partial charge in [0.2, 0.25) is 10.0 Å². The number of ether oxygens (including phenoxy) is 2. The average molecular weight is 646 g/mol. The van der Waals surface area contributed by atoms with E-state index in [1.807, 2.05) is 13.0 Å². The molecule has 8 nitrogen and oxygen atoms in total. The van der Waals surface area contributed by atoms with E-state index in [1.54, 1.807) is 49.6 Å². The standard InChI is InChI=1S/C37H47N3O5S/c1-9-28(45-34-21-13-26(36(4,5)10-2)23-32(34)37(6,7)11-3)24-38-46(42,43)30-18-19-31-25(22-30)12-20-33(41)35(31)40-39-27-14-16-29(44-8)17-15-27/h12-23,28,38,41H,9-11,24H2,1-8H3. The second kappa shape index (κ2) is 14.2. The van der Waals surface area contributed by atoms with E-state index in [1.165, 1.54) is 17.7 Å². The van der Waals surface area contributed by atoms with Crippen LogP contribution in [0, 0.1) is 0 Å². The smallest absolute Gasteiger partial charge is 0.240 e. The number of azo groups is 1. The second-order valence-electron chi connectivity index (χ2n) is 12.9. The largest absolute Gasteiger partial charge is 0.506 e. The van der Waals surface area contributed by atoms with E-state index in [9.17, 15) is 13.5 Å². The Balaban J connectivity index is 1.55. The second-order valence-corrected chi connectivity index (χ2v) is 14.7. The van der Waals surface area contributed by atoms with Crippen LogP contribution in [-0.2, 0) is 20.9 Å². The Hall–Kier alpha value is -3.95. The van der Waals surface area contributed by atoms with Crippen LogP contribution >= 0.6 is 0 Å². The quantitative estimate of drug-likeness (QED) is 0.133. The summed E-state index contributed by atoms with van der Waals surface area (Å²) < 4.78 is 41.3. The van der Waals surface area contributed by atoms with Crippen LogP contribution in [-0.4, -0.2) is 33.3 Å². The van der Waals surface area contributed by atoms with Crippen molar-refractivity contribution in [3.63, 3.8) is 0 Å². The van der Waals surface area contributed by atoms with Gasteiger partial charge < -0.3 is 14.6 Å². The minimum Gasteiger partial charge on any atom is -0.506 e. The fraction of sp³-hybridized carbons (Fsp3) is 0.405. The van der Waals surface area contributed by atoms with E-state index < -0.39 is 10.0 Å². The zero-order chi connectivity index (χ0) is 33.7. The lowest BCUT2D eigenvalue weighted by atomic mass is 9.76. The zero-order valence-electron chi connectivity index (χ0n) is 28.2. The van der Waals surface area contributed by atoms with Crippen molar-refractivity contribution < 1.29 is 23.0 Å². The molecule has 0 aliphatic rings. The predicted molar refractivity (Wildman–Crippen MR) is 186 cm³/mol. The van der Waals surface area contributed by atoms with E-state index >= 15 is 0 Å². The van der Waals surface area contributed by atoms with E-state index in [4.69, 9.17) is 9.47 Å². The van der Waals surface area contributed by atoms with Gasteiger partial charge in [-0.3, -0.25) is 0 Å². The van der Waals surface area contributed by atoms with Gasteiger partial charge in [0.25, 0.3) is 0 Å². The number of hydrogen-bond acceptors (Lipinski definition) is 7. The lowest BCUT2D eigenvalue weighted by molar-refractivity contribution is 0.195. The van der Waals surface area contributed by atoms with Crippen LogP contribution in [0.5, 0.6) is 17.2 Å². The average Bonchev–Trinajstić information content (AvgIpc) is 3.06. The molecule has 4 aromatic carbocycles. The third kappa shape index (κ3) is 7.88. The summed E-state index contributed by atoms with van der Waals surface area (Å²) in [4.78, 5) is 0.109. The van der Waals surface area contributed by atoms with Crippen LogP contribution in [0.25, 0.3) is 10.8 Å². The predicted octanol–water partition coefficient (Wildman–Crippen LogP) is 9.48. The van der Waals surface area contributed by atoms with E-state index in [0.29, 0.717) is 28.6 Å². The number of nitrogens with one attached hydrogen (secondary N) is 1. The molecule has 1 atom stereocenters. The number of methoxy groups -OCH3 is 1. The van der Waals surface area contributed by atoms with E-state index in [0.717, 1.165) is 24.2 Å². The minimum atomic E-state index is -3.87. The van der Waals surface area contributed by atoms with Gasteiger partial charge in [-0.25, -0.2) is 13.1 Å². The number of phenolic OH excluding ortho intramolecular Hbond substituents is 1. The van der Waals surface area contributed by atoms with Crippen LogP contribution < -0.4 is 14.2 Å². The van der Waals surface area contributed by atoms with Gasteiger partial charge in [-0.15, -0.1) is 5.11 Å². The Kier molecular flexibility index (Phi) is 10.8. The molecule has 0 radical (unpaired) electrons. The first kappa shape index (κ1) is 34.9. The first-order chi connectivity index (χ1) is 21.7. The number of sulfonamides is 1. The summed E-state index contributed by atoms with van der Waals surface area (Å²) in [5.74, 6) is 1.43. The molecule has 1 unspecified atom stereocenters. The van der Waals surface area contributed by atoms with Crippen molar-refractivity contribution in [1.29, 1.82) is 0 Å². The SMILES string of the molecule is CCC(CNS(=O)(=O)c1ccc2c(N=Nc3ccc(OC)cc3)c(O)ccc2c1)Oc1ccc(C(C)(C)CC)cc1C(C)(C)CC. The van der Waals surface area contributed by atoms with Gasteiger partial charge in [0.15, 0.2) is 0 Å². The molecule has 0 aromatic heterocycles. The van der Waals surface area contributed by atoms with E-state index in [-0.39, 0.29) is 39.8 Å². The van der Waals surface area contributed by atoms with Gasteiger partial charge in [-0.2, -0.15) is 5.11 Å². The van der Waals surface area contributed by atoms with Crippen molar-refractivity contribution in [3.8, 4) is 17.2 Å². The van der Waals surface area contributed by atoms with Crippen molar-refractivity contribution in [2.75, 3.05) is 13.7 Å². The number of aromatic hydroxyl groups is 1. The molecule has 0 fully saturated rings. The molecule has 4 aromatic rings. The van der Waals surface area contributed by atoms with Gasteiger partial charge in [0.1, 0.15) is 29.0 Å². The summed E-state index contributed by atoms with van der Waals surface area (Å²) >= 11 is 0. The van der Waals surface area contributed by atoms with Gasteiger partial charge in [-0.05, 0) is 89.6 Å². The third-order valence-corrected chi connectivity index (χ3v) is 10.5. The molecule has 0 bridgehead atoms. The molecule has 0 spiro atoms. The molecule has 9 heteroatoms. The highest BCUT2D eigenvalue weighted by atomic mass is 32.2. The molecule has 0 saturated heterocycles. The van der Waals surface area contributed by atoms with Crippen molar-refractivity contribution >= 4 is 32.2 Å². The first-order valence-electron chi connectivity index (χ1n) is 15.9. The van der Waals surface area contributed by atoms with Crippen LogP contribution in [0.1, 0.15) is 78.9 Å². The van der Waals surface area contributed by atoms with Crippen LogP contribution in [0.15, 0.2) is 87.9 Å². The summed E-state index contributed by atoms with van der Waals surface area (Å²) in [7, 11) is -2.28. The first-order valence-corrected chi connectivity index (χ1v) is 17.4. The Labute approximate surface area is 273 Å². The maximum atomic E-state index is 13.5. The number of hydrogen-bond donors (Lipinski definition) is 2.